The zero-order valence-electron chi connectivity index (χ0n) is 12.8. The number of anilines is 1. The van der Waals surface area contributed by atoms with E-state index in [1.54, 1.807) is 18.1 Å². The first-order chi connectivity index (χ1) is 11.3. The Bertz CT molecular complexity index is 789. The molecule has 0 amide bonds. The van der Waals surface area contributed by atoms with Crippen LogP contribution in [0.15, 0.2) is 41.4 Å². The number of nitrogens with zero attached hydrogens (tertiary/aromatic N) is 4. The topological polar surface area (TPSA) is 55.6 Å². The number of aryl methyl sites for hydroxylation is 1. The highest BCUT2D eigenvalue weighted by Crippen LogP contribution is 2.39. The first kappa shape index (κ1) is 14.7. The monoisotopic (exact) mass is 343 g/mol. The first-order valence-corrected chi connectivity index (χ1v) is 9.32. The van der Waals surface area contributed by atoms with Gasteiger partial charge in [0.15, 0.2) is 0 Å². The second-order valence-electron chi connectivity index (χ2n) is 5.54. The van der Waals surface area contributed by atoms with Crippen LogP contribution in [0.1, 0.15) is 37.1 Å². The molecule has 1 aromatic carbocycles. The van der Waals surface area contributed by atoms with Gasteiger partial charge in [-0.1, -0.05) is 19.1 Å². The minimum absolute atomic E-state index is 0.568. The first-order valence-electron chi connectivity index (χ1n) is 7.73. The summed E-state index contributed by atoms with van der Waals surface area (Å²) in [5.74, 6) is 2.45. The van der Waals surface area contributed by atoms with Crippen LogP contribution in [0.4, 0.5) is 5.82 Å². The molecular weight excluding hydrogens is 326 g/mol. The summed E-state index contributed by atoms with van der Waals surface area (Å²) in [5.41, 5.74) is 1.35. The molecule has 0 spiro atoms. The van der Waals surface area contributed by atoms with Crippen molar-refractivity contribution in [3.05, 3.63) is 47.9 Å². The Morgan fingerprint density at radius 3 is 2.83 bits per heavy atom. The van der Waals surface area contributed by atoms with Crippen molar-refractivity contribution in [3.8, 4) is 5.13 Å². The van der Waals surface area contributed by atoms with E-state index >= 15 is 0 Å². The molecule has 0 saturated heterocycles. The van der Waals surface area contributed by atoms with E-state index in [0.29, 0.717) is 5.92 Å². The van der Waals surface area contributed by atoms with Gasteiger partial charge in [-0.3, -0.25) is 0 Å². The van der Waals surface area contributed by atoms with Gasteiger partial charge in [0.05, 0.1) is 6.20 Å². The zero-order chi connectivity index (χ0) is 15.6. The van der Waals surface area contributed by atoms with Crippen molar-refractivity contribution >= 4 is 29.3 Å². The smallest absolute Gasteiger partial charge is 0.232 e. The Kier molecular flexibility index (Phi) is 4.05. The molecule has 118 valence electrons. The van der Waals surface area contributed by atoms with Crippen molar-refractivity contribution < 1.29 is 0 Å². The maximum Gasteiger partial charge on any atom is 0.232 e. The molecule has 2 aromatic heterocycles. The maximum absolute atomic E-state index is 4.61. The molecule has 1 N–H and O–H groups in total. The van der Waals surface area contributed by atoms with Gasteiger partial charge in [0.25, 0.3) is 0 Å². The molecule has 7 heteroatoms. The van der Waals surface area contributed by atoms with E-state index in [9.17, 15) is 0 Å². The number of benzene rings is 1. The lowest BCUT2D eigenvalue weighted by molar-refractivity contribution is 0.861. The van der Waals surface area contributed by atoms with E-state index in [1.807, 2.05) is 10.7 Å². The van der Waals surface area contributed by atoms with Gasteiger partial charge in [0.2, 0.25) is 5.13 Å². The van der Waals surface area contributed by atoms with Crippen molar-refractivity contribution in [1.29, 1.82) is 0 Å². The van der Waals surface area contributed by atoms with E-state index in [1.165, 1.54) is 34.8 Å². The molecule has 4 rings (SSSR count). The number of aromatic nitrogens is 4. The minimum Gasteiger partial charge on any atom is -0.310 e. The van der Waals surface area contributed by atoms with Gasteiger partial charge >= 0.3 is 0 Å². The fraction of sp³-hybridized carbons (Fsp3) is 0.312. The standard InChI is InChI=1S/C16H17N5S2/c1-2-11-3-7-13(8-4-11)22-19-14-9-10-17-21(14)16-18-15(20-23-16)12-5-6-12/h3-4,7-10,12,19H,2,5-6H2,1H3. The van der Waals surface area contributed by atoms with Crippen molar-refractivity contribution in [2.45, 2.75) is 37.0 Å². The van der Waals surface area contributed by atoms with Crippen LogP contribution >= 0.6 is 23.5 Å². The van der Waals surface area contributed by atoms with Gasteiger partial charge < -0.3 is 4.72 Å². The minimum atomic E-state index is 0.568. The molecule has 0 bridgehead atoms. The Labute approximate surface area is 143 Å². The highest BCUT2D eigenvalue weighted by atomic mass is 32.2. The summed E-state index contributed by atoms with van der Waals surface area (Å²) in [6.07, 6.45) is 5.26. The normalized spacial score (nSPS) is 14.1. The van der Waals surface area contributed by atoms with E-state index in [4.69, 9.17) is 0 Å². The maximum atomic E-state index is 4.61. The SMILES string of the molecule is CCc1ccc(SNc2ccnn2-c2nc(C3CC3)ns2)cc1. The average Bonchev–Trinajstić information content (AvgIpc) is 3.14. The molecule has 0 atom stereocenters. The molecule has 23 heavy (non-hydrogen) atoms. The summed E-state index contributed by atoms with van der Waals surface area (Å²) < 4.78 is 9.62. The Morgan fingerprint density at radius 2 is 2.09 bits per heavy atom. The summed E-state index contributed by atoms with van der Waals surface area (Å²) >= 11 is 2.98. The van der Waals surface area contributed by atoms with Crippen molar-refractivity contribution in [3.63, 3.8) is 0 Å². The second kappa shape index (κ2) is 6.33. The average molecular weight is 343 g/mol. The Balaban J connectivity index is 1.47. The van der Waals surface area contributed by atoms with Gasteiger partial charge in [-0.05, 0) is 48.9 Å². The van der Waals surface area contributed by atoms with Crippen LogP contribution in [0.25, 0.3) is 5.13 Å². The van der Waals surface area contributed by atoms with Crippen LogP contribution in [-0.4, -0.2) is 19.1 Å². The van der Waals surface area contributed by atoms with Crippen LogP contribution in [0.2, 0.25) is 0 Å². The summed E-state index contributed by atoms with van der Waals surface area (Å²) in [6, 6.07) is 10.5. The number of hydrogen-bond donors (Lipinski definition) is 1. The van der Waals surface area contributed by atoms with Crippen molar-refractivity contribution in [1.82, 2.24) is 19.1 Å². The van der Waals surface area contributed by atoms with E-state index in [2.05, 4.69) is 50.4 Å². The van der Waals surface area contributed by atoms with Crippen molar-refractivity contribution in [2.75, 3.05) is 4.72 Å². The third-order valence-corrected chi connectivity index (χ3v) is 5.33. The molecule has 1 aliphatic rings. The number of hydrogen-bond acceptors (Lipinski definition) is 6. The summed E-state index contributed by atoms with van der Waals surface area (Å²) in [6.45, 7) is 2.16. The van der Waals surface area contributed by atoms with Gasteiger partial charge in [-0.25, -0.2) is 4.98 Å². The van der Waals surface area contributed by atoms with E-state index in [-0.39, 0.29) is 0 Å². The van der Waals surface area contributed by atoms with Crippen LogP contribution in [-0.2, 0) is 6.42 Å². The van der Waals surface area contributed by atoms with E-state index in [0.717, 1.165) is 23.2 Å². The molecule has 1 saturated carbocycles. The molecule has 1 aliphatic carbocycles. The van der Waals surface area contributed by atoms with Crippen LogP contribution in [0.5, 0.6) is 0 Å². The fourth-order valence-corrected chi connectivity index (χ4v) is 3.63. The number of rotatable bonds is 6. The van der Waals surface area contributed by atoms with Gasteiger partial charge in [-0.2, -0.15) is 14.2 Å². The lowest BCUT2D eigenvalue weighted by atomic mass is 10.2. The van der Waals surface area contributed by atoms with Crippen LogP contribution in [0.3, 0.4) is 0 Å². The van der Waals surface area contributed by atoms with Crippen LogP contribution in [0, 0.1) is 0 Å². The molecule has 2 heterocycles. The van der Waals surface area contributed by atoms with Gasteiger partial charge in [0, 0.05) is 28.4 Å². The molecule has 1 fully saturated rings. The molecular formula is C16H17N5S2. The van der Waals surface area contributed by atoms with Crippen LogP contribution < -0.4 is 4.72 Å². The fourth-order valence-electron chi connectivity index (χ4n) is 2.26. The van der Waals surface area contributed by atoms with Gasteiger partial charge in [-0.15, -0.1) is 0 Å². The summed E-state index contributed by atoms with van der Waals surface area (Å²) in [5, 5.41) is 5.19. The zero-order valence-corrected chi connectivity index (χ0v) is 14.4. The van der Waals surface area contributed by atoms with Gasteiger partial charge in [0.1, 0.15) is 11.6 Å². The summed E-state index contributed by atoms with van der Waals surface area (Å²) in [7, 11) is 0. The Hall–Kier alpha value is -1.86. The third-order valence-electron chi connectivity index (χ3n) is 3.80. The quantitative estimate of drug-likeness (QED) is 0.677. The Morgan fingerprint density at radius 1 is 1.26 bits per heavy atom. The molecule has 0 radical (unpaired) electrons. The molecule has 5 nitrogen and oxygen atoms in total. The summed E-state index contributed by atoms with van der Waals surface area (Å²) in [4.78, 5) is 5.78. The lowest BCUT2D eigenvalue weighted by Gasteiger charge is -2.07. The molecule has 0 unspecified atom stereocenters. The predicted molar refractivity (Wildman–Crippen MR) is 94.3 cm³/mol. The second-order valence-corrected chi connectivity index (χ2v) is 7.15. The molecule has 0 aliphatic heterocycles. The predicted octanol–water partition coefficient (Wildman–Crippen LogP) is 4.28. The third kappa shape index (κ3) is 3.25. The lowest BCUT2D eigenvalue weighted by Crippen LogP contribution is -2.01. The molecule has 3 aromatic rings. The highest BCUT2D eigenvalue weighted by molar-refractivity contribution is 8.00. The van der Waals surface area contributed by atoms with Crippen molar-refractivity contribution in [2.24, 2.45) is 0 Å². The largest absolute Gasteiger partial charge is 0.310 e. The van der Waals surface area contributed by atoms with E-state index < -0.39 is 0 Å². The highest BCUT2D eigenvalue weighted by Gasteiger charge is 2.28. The number of nitrogens with one attached hydrogen (secondary N) is 1.